The molecule has 0 heterocycles. The molecule has 0 amide bonds. The van der Waals surface area contributed by atoms with Crippen molar-refractivity contribution < 1.29 is 4.55 Å². The fraction of sp³-hybridized carbons (Fsp3) is 0.714. The van der Waals surface area contributed by atoms with Gasteiger partial charge in [0.2, 0.25) is 0 Å². The normalized spacial score (nSPS) is 34.9. The van der Waals surface area contributed by atoms with Crippen LogP contribution in [0.1, 0.15) is 19.8 Å². The highest BCUT2D eigenvalue weighted by Crippen LogP contribution is 2.26. The molecule has 0 aromatic carbocycles. The van der Waals surface area contributed by atoms with Gasteiger partial charge in [-0.05, 0) is 30.8 Å². The third-order valence-corrected chi connectivity index (χ3v) is 2.72. The van der Waals surface area contributed by atoms with E-state index in [0.717, 1.165) is 24.9 Å². The van der Waals surface area contributed by atoms with Gasteiger partial charge in [-0.3, -0.25) is 0 Å². The molecule has 1 aliphatic carbocycles. The molecule has 0 aliphatic heterocycles. The molecule has 0 bridgehead atoms. The van der Waals surface area contributed by atoms with Crippen LogP contribution in [-0.4, -0.2) is 9.80 Å². The van der Waals surface area contributed by atoms with E-state index >= 15 is 0 Å². The van der Waals surface area contributed by atoms with Crippen LogP contribution in [0.4, 0.5) is 0 Å². The lowest BCUT2D eigenvalue weighted by molar-refractivity contribution is 0.562. The fourth-order valence-corrected chi connectivity index (χ4v) is 1.63. The first-order valence-corrected chi connectivity index (χ1v) is 4.15. The van der Waals surface area contributed by atoms with E-state index in [1.807, 2.05) is 0 Å². The van der Waals surface area contributed by atoms with Crippen LogP contribution in [-0.2, 0) is 0 Å². The standard InChI is InChI=1S/C7H12OS/c1-6-4-2-3-5-7(6)9-8/h2,4,6-8H,3,5H2,1H3. The molecule has 0 aromatic heterocycles. The Kier molecular flexibility index (Phi) is 2.61. The Labute approximate surface area is 60.4 Å². The van der Waals surface area contributed by atoms with Gasteiger partial charge in [0.1, 0.15) is 0 Å². The Balaban J connectivity index is 2.44. The molecular weight excluding hydrogens is 132 g/mol. The van der Waals surface area contributed by atoms with Crippen LogP contribution in [0.5, 0.6) is 0 Å². The maximum Gasteiger partial charge on any atom is 0.0371 e. The molecule has 2 heteroatoms. The van der Waals surface area contributed by atoms with E-state index in [4.69, 9.17) is 4.55 Å². The number of allylic oxidation sites excluding steroid dienone is 2. The van der Waals surface area contributed by atoms with Gasteiger partial charge in [-0.15, -0.1) is 0 Å². The molecule has 1 nitrogen and oxygen atoms in total. The quantitative estimate of drug-likeness (QED) is 0.451. The zero-order valence-corrected chi connectivity index (χ0v) is 6.40. The van der Waals surface area contributed by atoms with Crippen molar-refractivity contribution in [2.75, 3.05) is 0 Å². The molecule has 52 valence electrons. The zero-order chi connectivity index (χ0) is 6.69. The first-order chi connectivity index (χ1) is 4.34. The Hall–Kier alpha value is 0.0500. The van der Waals surface area contributed by atoms with Crippen molar-refractivity contribution in [3.05, 3.63) is 12.2 Å². The smallest absolute Gasteiger partial charge is 0.0371 e. The molecule has 2 unspecified atom stereocenters. The summed E-state index contributed by atoms with van der Waals surface area (Å²) in [6.45, 7) is 2.14. The lowest BCUT2D eigenvalue weighted by atomic mass is 9.97. The molecule has 0 radical (unpaired) electrons. The Bertz CT molecular complexity index is 111. The van der Waals surface area contributed by atoms with Crippen molar-refractivity contribution in [3.8, 4) is 0 Å². The minimum Gasteiger partial charge on any atom is -0.330 e. The average Bonchev–Trinajstić information content (AvgIpc) is 1.89. The summed E-state index contributed by atoms with van der Waals surface area (Å²) in [6.07, 6.45) is 6.62. The Morgan fingerprint density at radius 2 is 2.44 bits per heavy atom. The van der Waals surface area contributed by atoms with Crippen molar-refractivity contribution in [2.24, 2.45) is 5.92 Å². The summed E-state index contributed by atoms with van der Waals surface area (Å²) in [7, 11) is 0. The minimum atomic E-state index is 0.440. The average molecular weight is 144 g/mol. The van der Waals surface area contributed by atoms with Gasteiger partial charge in [-0.1, -0.05) is 19.1 Å². The first-order valence-electron chi connectivity index (χ1n) is 3.31. The van der Waals surface area contributed by atoms with Crippen molar-refractivity contribution >= 4 is 12.0 Å². The van der Waals surface area contributed by atoms with Crippen molar-refractivity contribution in [3.63, 3.8) is 0 Å². The SMILES string of the molecule is CC1C=CCCC1SO. The molecule has 0 aromatic rings. The summed E-state index contributed by atoms with van der Waals surface area (Å²) in [4.78, 5) is 0. The van der Waals surface area contributed by atoms with E-state index < -0.39 is 0 Å². The monoisotopic (exact) mass is 144 g/mol. The van der Waals surface area contributed by atoms with Crippen molar-refractivity contribution in [2.45, 2.75) is 25.0 Å². The summed E-state index contributed by atoms with van der Waals surface area (Å²) in [5, 5.41) is 0.440. The van der Waals surface area contributed by atoms with E-state index in [1.54, 1.807) is 0 Å². The summed E-state index contributed by atoms with van der Waals surface area (Å²) in [6, 6.07) is 0. The maximum absolute atomic E-state index is 8.74. The highest BCUT2D eigenvalue weighted by Gasteiger charge is 2.16. The van der Waals surface area contributed by atoms with Gasteiger partial charge in [0.25, 0.3) is 0 Å². The molecule has 1 aliphatic rings. The maximum atomic E-state index is 8.74. The molecule has 0 fully saturated rings. The van der Waals surface area contributed by atoms with E-state index in [1.165, 1.54) is 0 Å². The highest BCUT2D eigenvalue weighted by molar-refractivity contribution is 7.94. The van der Waals surface area contributed by atoms with E-state index in [0.29, 0.717) is 11.2 Å². The van der Waals surface area contributed by atoms with Gasteiger partial charge >= 0.3 is 0 Å². The van der Waals surface area contributed by atoms with E-state index in [2.05, 4.69) is 19.1 Å². The van der Waals surface area contributed by atoms with E-state index in [9.17, 15) is 0 Å². The van der Waals surface area contributed by atoms with Crippen LogP contribution >= 0.6 is 12.0 Å². The molecule has 0 spiro atoms. The van der Waals surface area contributed by atoms with Crippen LogP contribution in [0.25, 0.3) is 0 Å². The van der Waals surface area contributed by atoms with Crippen LogP contribution in [0.15, 0.2) is 12.2 Å². The van der Waals surface area contributed by atoms with Gasteiger partial charge < -0.3 is 4.55 Å². The third-order valence-electron chi connectivity index (χ3n) is 1.78. The lowest BCUT2D eigenvalue weighted by Gasteiger charge is -2.20. The molecule has 1 N–H and O–H groups in total. The lowest BCUT2D eigenvalue weighted by Crippen LogP contribution is -2.14. The second-order valence-electron chi connectivity index (χ2n) is 2.51. The minimum absolute atomic E-state index is 0.440. The van der Waals surface area contributed by atoms with Crippen molar-refractivity contribution in [1.82, 2.24) is 0 Å². The van der Waals surface area contributed by atoms with Gasteiger partial charge in [0, 0.05) is 5.25 Å². The molecular formula is C7H12OS. The third kappa shape index (κ3) is 1.73. The van der Waals surface area contributed by atoms with Crippen LogP contribution < -0.4 is 0 Å². The van der Waals surface area contributed by atoms with Gasteiger partial charge in [0.15, 0.2) is 0 Å². The predicted octanol–water partition coefficient (Wildman–Crippen LogP) is 2.55. The topological polar surface area (TPSA) is 20.2 Å². The first kappa shape index (κ1) is 7.16. The summed E-state index contributed by atoms with van der Waals surface area (Å²) >= 11 is 1.00. The van der Waals surface area contributed by atoms with E-state index in [-0.39, 0.29) is 0 Å². The molecule has 2 atom stereocenters. The van der Waals surface area contributed by atoms with Gasteiger partial charge in [-0.2, -0.15) is 0 Å². The summed E-state index contributed by atoms with van der Waals surface area (Å²) < 4.78 is 8.74. The largest absolute Gasteiger partial charge is 0.330 e. The fourth-order valence-electron chi connectivity index (χ4n) is 1.11. The number of rotatable bonds is 1. The Morgan fingerprint density at radius 1 is 1.67 bits per heavy atom. The second kappa shape index (κ2) is 3.28. The molecule has 0 saturated heterocycles. The predicted molar refractivity (Wildman–Crippen MR) is 41.5 cm³/mol. The van der Waals surface area contributed by atoms with Crippen LogP contribution in [0.2, 0.25) is 0 Å². The number of hydrogen-bond donors (Lipinski definition) is 1. The highest BCUT2D eigenvalue weighted by atomic mass is 32.2. The molecule has 0 saturated carbocycles. The molecule has 1 rings (SSSR count). The molecule has 9 heavy (non-hydrogen) atoms. The Morgan fingerprint density at radius 3 is 2.89 bits per heavy atom. The van der Waals surface area contributed by atoms with Gasteiger partial charge in [0.05, 0.1) is 0 Å². The van der Waals surface area contributed by atoms with Crippen molar-refractivity contribution in [1.29, 1.82) is 0 Å². The zero-order valence-electron chi connectivity index (χ0n) is 5.58. The summed E-state index contributed by atoms with van der Waals surface area (Å²) in [5.74, 6) is 0.550. The second-order valence-corrected chi connectivity index (χ2v) is 3.32. The van der Waals surface area contributed by atoms with Crippen LogP contribution in [0, 0.1) is 5.92 Å². The van der Waals surface area contributed by atoms with Gasteiger partial charge in [-0.25, -0.2) is 0 Å². The summed E-state index contributed by atoms with van der Waals surface area (Å²) in [5.41, 5.74) is 0. The number of hydrogen-bond acceptors (Lipinski definition) is 2. The van der Waals surface area contributed by atoms with Crippen LogP contribution in [0.3, 0.4) is 0 Å².